The maximum absolute atomic E-state index is 11.6. The molecule has 1 atom stereocenters. The molecule has 0 spiro atoms. The molecular formula is C13H15N5O. The Hall–Kier alpha value is -2.24. The second kappa shape index (κ2) is 4.79. The van der Waals surface area contributed by atoms with Gasteiger partial charge in [0, 0.05) is 19.7 Å². The molecule has 0 aliphatic carbocycles. The zero-order chi connectivity index (χ0) is 13.2. The predicted molar refractivity (Wildman–Crippen MR) is 69.0 cm³/mol. The average Bonchev–Trinajstić information content (AvgIpc) is 3.10. The van der Waals surface area contributed by atoms with Gasteiger partial charge in [-0.15, -0.1) is 0 Å². The number of H-pyrrole nitrogens is 1. The molecule has 6 heteroatoms. The Morgan fingerprint density at radius 3 is 3.11 bits per heavy atom. The number of hydrogen-bond acceptors (Lipinski definition) is 4. The zero-order valence-electron chi connectivity index (χ0n) is 10.7. The molecule has 0 aromatic carbocycles. The minimum Gasteiger partial charge on any atom is -0.334 e. The summed E-state index contributed by atoms with van der Waals surface area (Å²) in [5, 5.41) is 6.78. The summed E-state index contributed by atoms with van der Waals surface area (Å²) in [5.74, 6) is 0.0937. The number of aromatic nitrogens is 4. The molecule has 0 bridgehead atoms. The Morgan fingerprint density at radius 1 is 1.47 bits per heavy atom. The van der Waals surface area contributed by atoms with Crippen LogP contribution in [-0.4, -0.2) is 37.5 Å². The van der Waals surface area contributed by atoms with Crippen molar-refractivity contribution in [3.8, 4) is 11.4 Å². The number of hydrogen-bond donors (Lipinski definition) is 1. The van der Waals surface area contributed by atoms with Crippen LogP contribution in [0.3, 0.4) is 0 Å². The molecule has 1 aliphatic rings. The highest BCUT2D eigenvalue weighted by Crippen LogP contribution is 2.31. The van der Waals surface area contributed by atoms with E-state index in [9.17, 15) is 4.79 Å². The quantitative estimate of drug-likeness (QED) is 0.885. The van der Waals surface area contributed by atoms with Gasteiger partial charge in [0.25, 0.3) is 0 Å². The molecule has 2 aromatic rings. The second-order valence-electron chi connectivity index (χ2n) is 4.67. The van der Waals surface area contributed by atoms with Crippen molar-refractivity contribution < 1.29 is 4.79 Å². The predicted octanol–water partition coefficient (Wildman–Crippen LogP) is 1.55. The summed E-state index contributed by atoms with van der Waals surface area (Å²) < 4.78 is 0. The van der Waals surface area contributed by atoms with Crippen LogP contribution in [0.25, 0.3) is 11.4 Å². The summed E-state index contributed by atoms with van der Waals surface area (Å²) in [6, 6.07) is 1.90. The van der Waals surface area contributed by atoms with Crippen molar-refractivity contribution in [1.29, 1.82) is 0 Å². The van der Waals surface area contributed by atoms with E-state index in [4.69, 9.17) is 0 Å². The van der Waals surface area contributed by atoms with Crippen molar-refractivity contribution in [3.05, 3.63) is 30.4 Å². The minimum atomic E-state index is 0.0490. The highest BCUT2D eigenvalue weighted by atomic mass is 16.2. The number of nitrogens with zero attached hydrogens (tertiary/aromatic N) is 4. The van der Waals surface area contributed by atoms with Gasteiger partial charge in [0.1, 0.15) is 5.69 Å². The van der Waals surface area contributed by atoms with Crippen LogP contribution in [0.5, 0.6) is 0 Å². The lowest BCUT2D eigenvalue weighted by atomic mass is 10.1. The van der Waals surface area contributed by atoms with Gasteiger partial charge in [0.2, 0.25) is 5.91 Å². The summed E-state index contributed by atoms with van der Waals surface area (Å²) in [6.45, 7) is 2.40. The molecule has 1 N–H and O–H groups in total. The van der Waals surface area contributed by atoms with E-state index in [1.165, 1.54) is 0 Å². The SMILES string of the molecule is CC(=O)N1CCCC1c1cncc(-c2ccn[nH]2)n1. The fraction of sp³-hybridized carbons (Fsp3) is 0.385. The van der Waals surface area contributed by atoms with E-state index in [1.54, 1.807) is 25.5 Å². The number of carbonyl (C=O) groups excluding carboxylic acids is 1. The normalized spacial score (nSPS) is 18.8. The van der Waals surface area contributed by atoms with Gasteiger partial charge in [0.15, 0.2) is 0 Å². The third kappa shape index (κ3) is 2.21. The summed E-state index contributed by atoms with van der Waals surface area (Å²) in [7, 11) is 0. The Balaban J connectivity index is 1.93. The molecule has 1 fully saturated rings. The highest BCUT2D eigenvalue weighted by Gasteiger charge is 2.29. The van der Waals surface area contributed by atoms with Crippen LogP contribution in [0, 0.1) is 0 Å². The van der Waals surface area contributed by atoms with Crippen LogP contribution in [-0.2, 0) is 4.79 Å². The van der Waals surface area contributed by atoms with E-state index < -0.39 is 0 Å². The van der Waals surface area contributed by atoms with Gasteiger partial charge in [-0.3, -0.25) is 14.9 Å². The van der Waals surface area contributed by atoms with Crippen LogP contribution in [0.4, 0.5) is 0 Å². The molecule has 19 heavy (non-hydrogen) atoms. The number of amides is 1. The Labute approximate surface area is 110 Å². The van der Waals surface area contributed by atoms with E-state index in [2.05, 4.69) is 20.2 Å². The lowest BCUT2D eigenvalue weighted by molar-refractivity contribution is -0.129. The van der Waals surface area contributed by atoms with Crippen LogP contribution in [0.15, 0.2) is 24.7 Å². The molecule has 0 saturated carbocycles. The molecule has 0 radical (unpaired) electrons. The number of carbonyl (C=O) groups is 1. The van der Waals surface area contributed by atoms with Crippen molar-refractivity contribution in [3.63, 3.8) is 0 Å². The van der Waals surface area contributed by atoms with E-state index in [-0.39, 0.29) is 11.9 Å². The number of nitrogens with one attached hydrogen (secondary N) is 1. The molecule has 1 aliphatic heterocycles. The summed E-state index contributed by atoms with van der Waals surface area (Å²) in [6.07, 6.45) is 7.08. The first kappa shape index (κ1) is 11.8. The fourth-order valence-electron chi connectivity index (χ4n) is 2.52. The number of rotatable bonds is 2. The van der Waals surface area contributed by atoms with Crippen LogP contribution < -0.4 is 0 Å². The molecule has 3 heterocycles. The van der Waals surface area contributed by atoms with Gasteiger partial charge in [0.05, 0.1) is 29.8 Å². The fourth-order valence-corrected chi connectivity index (χ4v) is 2.52. The number of aromatic amines is 1. The van der Waals surface area contributed by atoms with Gasteiger partial charge in [-0.05, 0) is 18.9 Å². The third-order valence-electron chi connectivity index (χ3n) is 3.43. The summed E-state index contributed by atoms with van der Waals surface area (Å²) >= 11 is 0. The van der Waals surface area contributed by atoms with Crippen LogP contribution in [0.1, 0.15) is 31.5 Å². The molecule has 2 aromatic heterocycles. The van der Waals surface area contributed by atoms with Crippen molar-refractivity contribution >= 4 is 5.91 Å². The van der Waals surface area contributed by atoms with Gasteiger partial charge in [-0.1, -0.05) is 0 Å². The Kier molecular flexibility index (Phi) is 2.98. The molecule has 3 rings (SSSR count). The van der Waals surface area contributed by atoms with Crippen molar-refractivity contribution in [2.75, 3.05) is 6.54 Å². The highest BCUT2D eigenvalue weighted by molar-refractivity contribution is 5.74. The van der Waals surface area contributed by atoms with E-state index in [1.807, 2.05) is 11.0 Å². The lowest BCUT2D eigenvalue weighted by Gasteiger charge is -2.22. The second-order valence-corrected chi connectivity index (χ2v) is 4.67. The van der Waals surface area contributed by atoms with Gasteiger partial charge in [-0.25, -0.2) is 4.98 Å². The Morgan fingerprint density at radius 2 is 2.37 bits per heavy atom. The maximum Gasteiger partial charge on any atom is 0.220 e. The first-order valence-corrected chi connectivity index (χ1v) is 6.34. The molecule has 1 amide bonds. The largest absolute Gasteiger partial charge is 0.334 e. The van der Waals surface area contributed by atoms with Gasteiger partial charge in [-0.2, -0.15) is 5.10 Å². The molecule has 1 unspecified atom stereocenters. The van der Waals surface area contributed by atoms with Gasteiger partial charge < -0.3 is 4.90 Å². The monoisotopic (exact) mass is 257 g/mol. The van der Waals surface area contributed by atoms with Crippen LogP contribution in [0.2, 0.25) is 0 Å². The zero-order valence-corrected chi connectivity index (χ0v) is 10.7. The minimum absolute atomic E-state index is 0.0490. The standard InChI is InChI=1S/C13H15N5O/c1-9(19)18-6-2-3-13(18)12-8-14-7-11(16-12)10-4-5-15-17-10/h4-5,7-8,13H,2-3,6H2,1H3,(H,15,17). The molecule has 1 saturated heterocycles. The van der Waals surface area contributed by atoms with Crippen molar-refractivity contribution in [2.24, 2.45) is 0 Å². The summed E-state index contributed by atoms with van der Waals surface area (Å²) in [5.41, 5.74) is 2.44. The first-order chi connectivity index (χ1) is 9.25. The van der Waals surface area contributed by atoms with Crippen molar-refractivity contribution in [1.82, 2.24) is 25.1 Å². The van der Waals surface area contributed by atoms with E-state index in [0.717, 1.165) is 36.5 Å². The van der Waals surface area contributed by atoms with Gasteiger partial charge >= 0.3 is 0 Å². The summed E-state index contributed by atoms with van der Waals surface area (Å²) in [4.78, 5) is 22.3. The van der Waals surface area contributed by atoms with E-state index in [0.29, 0.717) is 0 Å². The smallest absolute Gasteiger partial charge is 0.220 e. The third-order valence-corrected chi connectivity index (χ3v) is 3.43. The lowest BCUT2D eigenvalue weighted by Crippen LogP contribution is -2.28. The van der Waals surface area contributed by atoms with E-state index >= 15 is 0 Å². The molecule has 6 nitrogen and oxygen atoms in total. The van der Waals surface area contributed by atoms with Crippen LogP contribution >= 0.6 is 0 Å². The maximum atomic E-state index is 11.6. The average molecular weight is 257 g/mol. The Bertz CT molecular complexity index is 580. The molecule has 98 valence electrons. The number of likely N-dealkylation sites (tertiary alicyclic amines) is 1. The topological polar surface area (TPSA) is 74.8 Å². The van der Waals surface area contributed by atoms with Crippen molar-refractivity contribution in [2.45, 2.75) is 25.8 Å². The first-order valence-electron chi connectivity index (χ1n) is 6.34. The molecular weight excluding hydrogens is 242 g/mol.